The lowest BCUT2D eigenvalue weighted by Gasteiger charge is -2.31. The second-order valence-electron chi connectivity index (χ2n) is 11.1. The number of phenolic OH excluding ortho intramolecular Hbond substituents is 1. The van der Waals surface area contributed by atoms with Gasteiger partial charge in [-0.1, -0.05) is 67.1 Å². The van der Waals surface area contributed by atoms with Crippen LogP contribution in [0.3, 0.4) is 0 Å². The molecule has 2 heterocycles. The first-order valence-corrected chi connectivity index (χ1v) is 14.4. The molecule has 0 unspecified atom stereocenters. The van der Waals surface area contributed by atoms with Crippen LogP contribution in [0, 0.1) is 27.9 Å². The fraction of sp³-hybridized carbons (Fsp3) is 0.294. The minimum Gasteiger partial charge on any atom is -0.508 e. The summed E-state index contributed by atoms with van der Waals surface area (Å²) in [6.45, 7) is 2.44. The Morgan fingerprint density at radius 3 is 2.55 bits per heavy atom. The van der Waals surface area contributed by atoms with Gasteiger partial charge in [-0.15, -0.1) is 0 Å². The molecule has 1 N–H and O–H groups in total. The van der Waals surface area contributed by atoms with Crippen molar-refractivity contribution < 1.29 is 24.4 Å². The molecule has 0 radical (unpaired) electrons. The summed E-state index contributed by atoms with van der Waals surface area (Å²) in [4.78, 5) is 39.3. The maximum Gasteiger partial charge on any atom is 0.271 e. The summed E-state index contributed by atoms with van der Waals surface area (Å²) in [6.07, 6.45) is 4.60. The first-order valence-electron chi connectivity index (χ1n) is 14.4. The van der Waals surface area contributed by atoms with E-state index in [2.05, 4.69) is 25.1 Å². The number of nitro groups is 1. The van der Waals surface area contributed by atoms with Crippen LogP contribution in [0.5, 0.6) is 5.75 Å². The molecule has 3 aromatic rings. The van der Waals surface area contributed by atoms with Crippen molar-refractivity contribution in [2.75, 3.05) is 11.5 Å². The summed E-state index contributed by atoms with van der Waals surface area (Å²) in [7, 11) is 0. The van der Waals surface area contributed by atoms with Gasteiger partial charge >= 0.3 is 0 Å². The number of nitrogens with zero attached hydrogens (tertiary/aromatic N) is 2. The van der Waals surface area contributed by atoms with Crippen LogP contribution in [0.2, 0.25) is 0 Å². The van der Waals surface area contributed by atoms with Crippen molar-refractivity contribution in [3.8, 4) is 5.75 Å². The highest BCUT2D eigenvalue weighted by Crippen LogP contribution is 2.51. The van der Waals surface area contributed by atoms with Crippen molar-refractivity contribution in [2.45, 2.75) is 38.7 Å². The Bertz CT molecular complexity index is 1610. The molecule has 0 bridgehead atoms. The molecule has 2 amide bonds. The molecule has 8 heteroatoms. The zero-order valence-electron chi connectivity index (χ0n) is 23.3. The molecular weight excluding hydrogens is 532 g/mol. The van der Waals surface area contributed by atoms with Crippen LogP contribution < -0.4 is 4.90 Å². The third kappa shape index (κ3) is 5.03. The number of carbonyl (C=O) groups is 2. The van der Waals surface area contributed by atoms with Gasteiger partial charge < -0.3 is 9.84 Å². The number of imide groups is 1. The highest BCUT2D eigenvalue weighted by atomic mass is 16.6. The first-order chi connectivity index (χ1) is 20.4. The fourth-order valence-electron chi connectivity index (χ4n) is 6.87. The number of fused-ring (bicyclic) bond motifs is 3. The zero-order chi connectivity index (χ0) is 29.4. The number of nitro benzene ring substituents is 1. The number of phenols is 1. The average molecular weight is 565 g/mol. The Morgan fingerprint density at radius 2 is 1.81 bits per heavy atom. The Labute approximate surface area is 244 Å². The SMILES string of the molecule is CCC1=C2[C@@H](CC/C(=C/c3cccc(O)c3)c3ccccc3)OC[C@@H]2[C@@H]2C(=O)N(c3cccc([N+](=O)[O-])c3)C(=O)[C@@H]2C1. The van der Waals surface area contributed by atoms with Crippen LogP contribution in [0.25, 0.3) is 11.6 Å². The monoisotopic (exact) mass is 564 g/mol. The van der Waals surface area contributed by atoms with Gasteiger partial charge in [0.15, 0.2) is 0 Å². The van der Waals surface area contributed by atoms with Crippen molar-refractivity contribution in [3.05, 3.63) is 111 Å². The average Bonchev–Trinajstić information content (AvgIpc) is 3.53. The number of ether oxygens (including phenoxy) is 1. The molecule has 0 saturated carbocycles. The van der Waals surface area contributed by atoms with Gasteiger partial charge in [0.1, 0.15) is 5.75 Å². The topological polar surface area (TPSA) is 110 Å². The number of rotatable bonds is 8. The van der Waals surface area contributed by atoms with E-state index in [1.165, 1.54) is 23.8 Å². The summed E-state index contributed by atoms with van der Waals surface area (Å²) in [5, 5.41) is 21.3. The molecule has 42 heavy (non-hydrogen) atoms. The van der Waals surface area contributed by atoms with Gasteiger partial charge in [-0.3, -0.25) is 19.7 Å². The van der Waals surface area contributed by atoms with Gasteiger partial charge in [-0.05, 0) is 66.2 Å². The molecule has 1 aliphatic carbocycles. The van der Waals surface area contributed by atoms with Crippen LogP contribution in [0.15, 0.2) is 90.0 Å². The van der Waals surface area contributed by atoms with E-state index in [1.807, 2.05) is 30.3 Å². The number of amides is 2. The molecule has 214 valence electrons. The van der Waals surface area contributed by atoms with E-state index in [9.17, 15) is 24.8 Å². The lowest BCUT2D eigenvalue weighted by atomic mass is 9.69. The van der Waals surface area contributed by atoms with Crippen LogP contribution in [-0.4, -0.2) is 34.6 Å². The molecule has 4 atom stereocenters. The largest absolute Gasteiger partial charge is 0.508 e. The summed E-state index contributed by atoms with van der Waals surface area (Å²) >= 11 is 0. The second-order valence-corrected chi connectivity index (χ2v) is 11.1. The third-order valence-corrected chi connectivity index (χ3v) is 8.77. The van der Waals surface area contributed by atoms with Gasteiger partial charge in [0.05, 0.1) is 35.2 Å². The van der Waals surface area contributed by atoms with E-state index < -0.39 is 16.8 Å². The lowest BCUT2D eigenvalue weighted by molar-refractivity contribution is -0.384. The number of non-ortho nitro benzene ring substituents is 1. The molecule has 0 aromatic heterocycles. The first kappa shape index (κ1) is 27.6. The number of allylic oxidation sites excluding steroid dienone is 2. The maximum atomic E-state index is 13.8. The minimum absolute atomic E-state index is 0.159. The zero-order valence-corrected chi connectivity index (χ0v) is 23.3. The molecule has 2 aliphatic heterocycles. The number of hydrogen-bond acceptors (Lipinski definition) is 6. The van der Waals surface area contributed by atoms with Gasteiger partial charge in [-0.25, -0.2) is 4.90 Å². The second kappa shape index (κ2) is 11.4. The Kier molecular flexibility index (Phi) is 7.47. The van der Waals surface area contributed by atoms with E-state index in [-0.39, 0.29) is 41.0 Å². The van der Waals surface area contributed by atoms with Gasteiger partial charge in [0.2, 0.25) is 11.8 Å². The third-order valence-electron chi connectivity index (χ3n) is 8.77. The molecular formula is C34H32N2O6. The number of hydrogen-bond donors (Lipinski definition) is 1. The summed E-state index contributed by atoms with van der Waals surface area (Å²) in [6, 6.07) is 23.0. The molecule has 0 spiro atoms. The smallest absolute Gasteiger partial charge is 0.271 e. The normalized spacial score (nSPS) is 23.7. The van der Waals surface area contributed by atoms with E-state index in [0.29, 0.717) is 19.4 Å². The predicted octanol–water partition coefficient (Wildman–Crippen LogP) is 6.55. The molecule has 3 aliphatic rings. The van der Waals surface area contributed by atoms with Crippen molar-refractivity contribution >= 4 is 34.8 Å². The Balaban J connectivity index is 1.27. The number of anilines is 1. The van der Waals surface area contributed by atoms with Crippen LogP contribution in [-0.2, 0) is 14.3 Å². The van der Waals surface area contributed by atoms with E-state index in [4.69, 9.17) is 4.74 Å². The Morgan fingerprint density at radius 1 is 1.02 bits per heavy atom. The minimum atomic E-state index is -0.538. The molecule has 2 saturated heterocycles. The molecule has 3 aromatic carbocycles. The van der Waals surface area contributed by atoms with Crippen molar-refractivity contribution in [1.82, 2.24) is 0 Å². The lowest BCUT2D eigenvalue weighted by Crippen LogP contribution is -2.34. The van der Waals surface area contributed by atoms with Crippen LogP contribution in [0.4, 0.5) is 11.4 Å². The molecule has 8 nitrogen and oxygen atoms in total. The van der Waals surface area contributed by atoms with Crippen molar-refractivity contribution in [3.63, 3.8) is 0 Å². The Hall–Kier alpha value is -4.56. The number of carbonyl (C=O) groups excluding carboxylic acids is 2. The fourth-order valence-corrected chi connectivity index (χ4v) is 6.87. The van der Waals surface area contributed by atoms with Crippen LogP contribution >= 0.6 is 0 Å². The maximum absolute atomic E-state index is 13.8. The van der Waals surface area contributed by atoms with Gasteiger partial charge in [0, 0.05) is 18.1 Å². The van der Waals surface area contributed by atoms with E-state index in [0.717, 1.165) is 40.0 Å². The highest BCUT2D eigenvalue weighted by molar-refractivity contribution is 6.22. The van der Waals surface area contributed by atoms with Gasteiger partial charge in [-0.2, -0.15) is 0 Å². The van der Waals surface area contributed by atoms with E-state index >= 15 is 0 Å². The predicted molar refractivity (Wildman–Crippen MR) is 159 cm³/mol. The summed E-state index contributed by atoms with van der Waals surface area (Å²) in [5.41, 5.74) is 5.51. The highest BCUT2D eigenvalue weighted by Gasteiger charge is 2.57. The van der Waals surface area contributed by atoms with E-state index in [1.54, 1.807) is 18.2 Å². The van der Waals surface area contributed by atoms with Gasteiger partial charge in [0.25, 0.3) is 5.69 Å². The quantitative estimate of drug-likeness (QED) is 0.109. The number of aromatic hydroxyl groups is 1. The number of benzene rings is 3. The van der Waals surface area contributed by atoms with Crippen LogP contribution in [0.1, 0.15) is 43.7 Å². The molecule has 2 fully saturated rings. The summed E-state index contributed by atoms with van der Waals surface area (Å²) in [5.74, 6) is -1.61. The van der Waals surface area contributed by atoms with Crippen molar-refractivity contribution in [2.24, 2.45) is 17.8 Å². The molecule has 6 rings (SSSR count). The standard InChI is InChI=1S/C34H32N2O6/c1-2-22-18-28-32(34(39)35(33(28)38)25-11-7-12-26(19-25)36(40)41)29-20-42-30(31(22)29)15-14-24(23-9-4-3-5-10-23)16-21-8-6-13-27(37)17-21/h3-13,16-17,19,28-30,32,37H,2,14-15,18,20H2,1H3/b24-16-/t28-,29+,30-,32-/m1/s1. The summed E-state index contributed by atoms with van der Waals surface area (Å²) < 4.78 is 6.37. The van der Waals surface area contributed by atoms with Crippen molar-refractivity contribution in [1.29, 1.82) is 0 Å².